The highest BCUT2D eigenvalue weighted by atomic mass is 35.5. The molecule has 0 radical (unpaired) electrons. The molecule has 5 nitrogen and oxygen atoms in total. The zero-order chi connectivity index (χ0) is 18.6. The van der Waals surface area contributed by atoms with Crippen molar-refractivity contribution >= 4 is 17.3 Å². The molecule has 1 saturated heterocycles. The van der Waals surface area contributed by atoms with Gasteiger partial charge in [-0.2, -0.15) is 5.10 Å². The first kappa shape index (κ1) is 17.8. The average molecular weight is 382 g/mol. The molecule has 3 aromatic rings. The smallest absolute Gasteiger partial charge is 0.285 e. The fourth-order valence-electron chi connectivity index (χ4n) is 3.87. The van der Waals surface area contributed by atoms with Crippen LogP contribution in [0.5, 0.6) is 0 Å². The Morgan fingerprint density at radius 3 is 2.07 bits per heavy atom. The molecule has 2 N–H and O–H groups in total. The summed E-state index contributed by atoms with van der Waals surface area (Å²) >= 11 is 6.19. The molecule has 4 rings (SSSR count). The van der Waals surface area contributed by atoms with E-state index in [1.54, 1.807) is 6.20 Å². The number of aromatic amines is 1. The van der Waals surface area contributed by atoms with Gasteiger partial charge in [0, 0.05) is 11.1 Å². The molecule has 0 spiro atoms. The first-order valence-corrected chi connectivity index (χ1v) is 9.54. The van der Waals surface area contributed by atoms with E-state index < -0.39 is 0 Å². The van der Waals surface area contributed by atoms with Gasteiger partial charge >= 0.3 is 0 Å². The lowest BCUT2D eigenvalue weighted by Crippen LogP contribution is -3.15. The van der Waals surface area contributed by atoms with Crippen molar-refractivity contribution in [2.45, 2.75) is 6.04 Å². The molecule has 0 unspecified atom stereocenters. The van der Waals surface area contributed by atoms with E-state index in [0.717, 1.165) is 31.9 Å². The van der Waals surface area contributed by atoms with E-state index >= 15 is 0 Å². The number of hydrogen-bond acceptors (Lipinski definition) is 3. The Labute approximate surface area is 163 Å². The fraction of sp³-hybridized carbons (Fsp3) is 0.238. The standard InChI is InChI=1S/C21H21ClN4O/c22-19-18(15-23-24-21(19)27)25-11-13-26(14-12-25)20(16-7-3-1-4-8-16)17-9-5-2-6-10-17/h1-10,15,20H,11-14H2,(H,24,27)/p+1. The number of nitrogens with zero attached hydrogens (tertiary/aromatic N) is 2. The molecule has 0 saturated carbocycles. The molecule has 27 heavy (non-hydrogen) atoms. The Morgan fingerprint density at radius 2 is 1.52 bits per heavy atom. The number of aromatic nitrogens is 2. The molecular weight excluding hydrogens is 360 g/mol. The van der Waals surface area contributed by atoms with Gasteiger partial charge in [-0.15, -0.1) is 0 Å². The van der Waals surface area contributed by atoms with Crippen LogP contribution in [0.3, 0.4) is 0 Å². The van der Waals surface area contributed by atoms with Crippen LogP contribution in [0.4, 0.5) is 5.69 Å². The van der Waals surface area contributed by atoms with E-state index in [2.05, 4.69) is 75.8 Å². The maximum Gasteiger partial charge on any atom is 0.285 e. The number of piperazine rings is 1. The highest BCUT2D eigenvalue weighted by Crippen LogP contribution is 2.22. The minimum absolute atomic E-state index is 0.219. The normalized spacial score (nSPS) is 15.3. The van der Waals surface area contributed by atoms with E-state index in [9.17, 15) is 4.79 Å². The second kappa shape index (κ2) is 7.94. The van der Waals surface area contributed by atoms with Gasteiger partial charge in [-0.05, 0) is 0 Å². The second-order valence-electron chi connectivity index (χ2n) is 6.80. The molecule has 1 aromatic heterocycles. The first-order valence-electron chi connectivity index (χ1n) is 9.16. The van der Waals surface area contributed by atoms with Gasteiger partial charge in [0.2, 0.25) is 0 Å². The summed E-state index contributed by atoms with van der Waals surface area (Å²) in [5, 5.41) is 6.50. The molecule has 0 bridgehead atoms. The summed E-state index contributed by atoms with van der Waals surface area (Å²) < 4.78 is 0. The van der Waals surface area contributed by atoms with Crippen molar-refractivity contribution in [3.63, 3.8) is 0 Å². The van der Waals surface area contributed by atoms with Gasteiger partial charge < -0.3 is 9.80 Å². The van der Waals surface area contributed by atoms with Crippen molar-refractivity contribution in [2.75, 3.05) is 31.1 Å². The van der Waals surface area contributed by atoms with Crippen molar-refractivity contribution in [3.8, 4) is 0 Å². The summed E-state index contributed by atoms with van der Waals surface area (Å²) in [6, 6.07) is 21.6. The fourth-order valence-corrected chi connectivity index (χ4v) is 4.08. The van der Waals surface area contributed by atoms with Gasteiger partial charge in [0.05, 0.1) is 38.1 Å². The lowest BCUT2D eigenvalue weighted by molar-refractivity contribution is -0.926. The summed E-state index contributed by atoms with van der Waals surface area (Å²) in [6.07, 6.45) is 1.64. The molecule has 2 heterocycles. The Morgan fingerprint density at radius 1 is 0.963 bits per heavy atom. The van der Waals surface area contributed by atoms with E-state index in [1.165, 1.54) is 16.0 Å². The summed E-state index contributed by atoms with van der Waals surface area (Å²) in [4.78, 5) is 15.4. The highest BCUT2D eigenvalue weighted by molar-refractivity contribution is 6.32. The molecule has 6 heteroatoms. The van der Waals surface area contributed by atoms with Crippen molar-refractivity contribution in [1.29, 1.82) is 0 Å². The van der Waals surface area contributed by atoms with Crippen LogP contribution < -0.4 is 15.4 Å². The number of benzene rings is 2. The van der Waals surface area contributed by atoms with Crippen molar-refractivity contribution < 1.29 is 4.90 Å². The van der Waals surface area contributed by atoms with Crippen molar-refractivity contribution in [2.24, 2.45) is 0 Å². The Hall–Kier alpha value is -2.63. The predicted octanol–water partition coefficient (Wildman–Crippen LogP) is 1.92. The number of halogens is 1. The number of nitrogens with one attached hydrogen (secondary N) is 2. The van der Waals surface area contributed by atoms with Crippen molar-refractivity contribution in [3.05, 3.63) is 93.4 Å². The third-order valence-electron chi connectivity index (χ3n) is 5.20. The van der Waals surface area contributed by atoms with Gasteiger partial charge in [0.25, 0.3) is 5.56 Å². The number of anilines is 1. The molecule has 0 aliphatic carbocycles. The molecule has 1 fully saturated rings. The van der Waals surface area contributed by atoms with Gasteiger partial charge in [-0.25, -0.2) is 5.10 Å². The van der Waals surface area contributed by atoms with Gasteiger partial charge in [0.1, 0.15) is 11.1 Å². The average Bonchev–Trinajstić information content (AvgIpc) is 2.73. The highest BCUT2D eigenvalue weighted by Gasteiger charge is 2.30. The van der Waals surface area contributed by atoms with Crippen LogP contribution >= 0.6 is 11.6 Å². The Kier molecular flexibility index (Phi) is 5.23. The lowest BCUT2D eigenvalue weighted by atomic mass is 9.96. The molecule has 1 aliphatic heterocycles. The van der Waals surface area contributed by atoms with Crippen LogP contribution in [0.15, 0.2) is 71.7 Å². The number of H-pyrrole nitrogens is 1. The van der Waals surface area contributed by atoms with E-state index in [1.807, 2.05) is 0 Å². The van der Waals surface area contributed by atoms with Crippen LogP contribution in [0.2, 0.25) is 5.02 Å². The van der Waals surface area contributed by atoms with Gasteiger partial charge in [-0.1, -0.05) is 72.3 Å². The van der Waals surface area contributed by atoms with Gasteiger partial charge in [-0.3, -0.25) is 4.79 Å². The third kappa shape index (κ3) is 3.75. The molecular formula is C21H22ClN4O+. The Bertz CT molecular complexity index is 898. The number of rotatable bonds is 4. The van der Waals surface area contributed by atoms with Crippen LogP contribution in [-0.4, -0.2) is 36.4 Å². The van der Waals surface area contributed by atoms with Crippen LogP contribution in [0.1, 0.15) is 17.2 Å². The molecule has 2 aromatic carbocycles. The quantitative estimate of drug-likeness (QED) is 0.726. The topological polar surface area (TPSA) is 53.4 Å². The predicted molar refractivity (Wildman–Crippen MR) is 108 cm³/mol. The molecule has 138 valence electrons. The number of quaternary nitrogens is 1. The summed E-state index contributed by atoms with van der Waals surface area (Å²) in [6.45, 7) is 3.57. The molecule has 0 atom stereocenters. The van der Waals surface area contributed by atoms with Gasteiger partial charge in [0.15, 0.2) is 0 Å². The summed E-state index contributed by atoms with van der Waals surface area (Å²) in [5.74, 6) is 0. The minimum Gasteiger partial charge on any atom is -0.358 e. The van der Waals surface area contributed by atoms with Crippen LogP contribution in [0, 0.1) is 0 Å². The zero-order valence-electron chi connectivity index (χ0n) is 14.9. The lowest BCUT2D eigenvalue weighted by Gasteiger charge is -2.38. The zero-order valence-corrected chi connectivity index (χ0v) is 15.7. The number of hydrogen-bond donors (Lipinski definition) is 2. The maximum atomic E-state index is 11.7. The maximum absolute atomic E-state index is 11.7. The Balaban J connectivity index is 1.57. The van der Waals surface area contributed by atoms with Crippen LogP contribution in [0.25, 0.3) is 0 Å². The van der Waals surface area contributed by atoms with Crippen molar-refractivity contribution in [1.82, 2.24) is 10.2 Å². The monoisotopic (exact) mass is 381 g/mol. The minimum atomic E-state index is -0.338. The first-order chi connectivity index (χ1) is 13.2. The SMILES string of the molecule is O=c1[nH]ncc(N2CC[NH+](C(c3ccccc3)c3ccccc3)CC2)c1Cl. The molecule has 0 amide bonds. The summed E-state index contributed by atoms with van der Waals surface area (Å²) in [5.41, 5.74) is 3.02. The summed E-state index contributed by atoms with van der Waals surface area (Å²) in [7, 11) is 0. The van der Waals surface area contributed by atoms with E-state index in [4.69, 9.17) is 11.6 Å². The molecule has 1 aliphatic rings. The largest absolute Gasteiger partial charge is 0.358 e. The second-order valence-corrected chi connectivity index (χ2v) is 7.18. The third-order valence-corrected chi connectivity index (χ3v) is 5.56. The van der Waals surface area contributed by atoms with E-state index in [0.29, 0.717) is 6.04 Å². The van der Waals surface area contributed by atoms with Crippen LogP contribution in [-0.2, 0) is 0 Å². The van der Waals surface area contributed by atoms with E-state index in [-0.39, 0.29) is 10.6 Å².